The smallest absolute Gasteiger partial charge is 0.244 e. The van der Waals surface area contributed by atoms with Crippen molar-refractivity contribution in [1.82, 2.24) is 9.62 Å². The summed E-state index contributed by atoms with van der Waals surface area (Å²) in [6.45, 7) is 3.02. The number of ether oxygens (including phenoxy) is 1. The van der Waals surface area contributed by atoms with Gasteiger partial charge in [-0.05, 0) is 43.6 Å². The Morgan fingerprint density at radius 2 is 2.05 bits per heavy atom. The zero-order valence-electron chi connectivity index (χ0n) is 12.2. The van der Waals surface area contributed by atoms with E-state index in [4.69, 9.17) is 9.84 Å². The molecular weight excluding hydrogens is 292 g/mol. The molecule has 21 heavy (non-hydrogen) atoms. The molecule has 0 aliphatic carbocycles. The number of hydrogen-bond donors (Lipinski definition) is 2. The highest BCUT2D eigenvalue weighted by molar-refractivity contribution is 7.89. The molecule has 118 valence electrons. The number of methoxy groups -OCH3 is 1. The second-order valence-electron chi connectivity index (χ2n) is 5.09. The molecule has 1 aliphatic rings. The van der Waals surface area contributed by atoms with Gasteiger partial charge in [0.1, 0.15) is 10.6 Å². The molecule has 0 radical (unpaired) electrons. The number of nitrogens with one attached hydrogen (secondary N) is 1. The van der Waals surface area contributed by atoms with E-state index >= 15 is 0 Å². The predicted molar refractivity (Wildman–Crippen MR) is 79.8 cm³/mol. The van der Waals surface area contributed by atoms with Crippen LogP contribution in [-0.4, -0.2) is 51.7 Å². The maximum atomic E-state index is 12.3. The summed E-state index contributed by atoms with van der Waals surface area (Å²) < 4.78 is 32.3. The molecule has 1 aliphatic heterocycles. The van der Waals surface area contributed by atoms with Gasteiger partial charge in [0.15, 0.2) is 0 Å². The Labute approximate surface area is 125 Å². The molecule has 2 N–H and O–H groups in total. The third-order valence-corrected chi connectivity index (χ3v) is 5.12. The highest BCUT2D eigenvalue weighted by Gasteiger charge is 2.20. The summed E-state index contributed by atoms with van der Waals surface area (Å²) in [5, 5.41) is 9.09. The number of likely N-dealkylation sites (tertiary alicyclic amines) is 1. The van der Waals surface area contributed by atoms with Gasteiger partial charge in [-0.1, -0.05) is 6.07 Å². The molecule has 0 saturated carbocycles. The van der Waals surface area contributed by atoms with Crippen molar-refractivity contribution in [2.75, 3.05) is 33.3 Å². The number of nitrogens with zero attached hydrogens (tertiary/aromatic N) is 1. The molecule has 2 rings (SSSR count). The Morgan fingerprint density at radius 1 is 1.33 bits per heavy atom. The summed E-state index contributed by atoms with van der Waals surface area (Å²) in [6, 6.07) is 4.58. The van der Waals surface area contributed by atoms with Gasteiger partial charge in [-0.15, -0.1) is 0 Å². The van der Waals surface area contributed by atoms with E-state index in [1.54, 1.807) is 6.07 Å². The third kappa shape index (κ3) is 4.16. The molecule has 1 fully saturated rings. The van der Waals surface area contributed by atoms with Gasteiger partial charge in [0.05, 0.1) is 13.7 Å². The highest BCUT2D eigenvalue weighted by Crippen LogP contribution is 2.24. The molecule has 1 saturated heterocycles. The van der Waals surface area contributed by atoms with Crippen LogP contribution in [0.25, 0.3) is 0 Å². The Morgan fingerprint density at radius 3 is 2.67 bits per heavy atom. The Kier molecular flexibility index (Phi) is 5.58. The van der Waals surface area contributed by atoms with Crippen LogP contribution >= 0.6 is 0 Å². The van der Waals surface area contributed by atoms with Crippen LogP contribution in [0.15, 0.2) is 23.1 Å². The molecule has 1 aromatic carbocycles. The van der Waals surface area contributed by atoms with E-state index in [-0.39, 0.29) is 17.3 Å². The highest BCUT2D eigenvalue weighted by atomic mass is 32.2. The van der Waals surface area contributed by atoms with Crippen molar-refractivity contribution in [2.24, 2.45) is 0 Å². The second-order valence-corrected chi connectivity index (χ2v) is 6.83. The SMILES string of the molecule is COc1cc(CO)ccc1S(=O)(=O)NCCN1CCCC1. The number of hydrogen-bond acceptors (Lipinski definition) is 5. The summed E-state index contributed by atoms with van der Waals surface area (Å²) in [7, 11) is -2.19. The Bertz CT molecular complexity index is 568. The number of aliphatic hydroxyl groups excluding tert-OH is 1. The van der Waals surface area contributed by atoms with Crippen molar-refractivity contribution < 1.29 is 18.3 Å². The number of aliphatic hydroxyl groups is 1. The molecule has 1 aromatic rings. The Hall–Kier alpha value is -1.15. The van der Waals surface area contributed by atoms with Crippen LogP contribution in [-0.2, 0) is 16.6 Å². The maximum absolute atomic E-state index is 12.3. The molecule has 0 unspecified atom stereocenters. The first-order chi connectivity index (χ1) is 10.1. The van der Waals surface area contributed by atoms with Gasteiger partial charge in [-0.2, -0.15) is 0 Å². The lowest BCUT2D eigenvalue weighted by molar-refractivity contribution is 0.280. The lowest BCUT2D eigenvalue weighted by atomic mass is 10.2. The molecule has 0 bridgehead atoms. The lowest BCUT2D eigenvalue weighted by Gasteiger charge is -2.16. The van der Waals surface area contributed by atoms with E-state index in [1.807, 2.05) is 0 Å². The van der Waals surface area contributed by atoms with Gasteiger partial charge in [0.2, 0.25) is 10.0 Å². The largest absolute Gasteiger partial charge is 0.495 e. The van der Waals surface area contributed by atoms with Crippen molar-refractivity contribution in [3.05, 3.63) is 23.8 Å². The van der Waals surface area contributed by atoms with Crippen LogP contribution in [0, 0.1) is 0 Å². The maximum Gasteiger partial charge on any atom is 0.244 e. The molecule has 0 spiro atoms. The molecule has 0 aromatic heterocycles. The van der Waals surface area contributed by atoms with Crippen molar-refractivity contribution in [3.63, 3.8) is 0 Å². The lowest BCUT2D eigenvalue weighted by Crippen LogP contribution is -2.33. The first-order valence-corrected chi connectivity index (χ1v) is 8.55. The molecule has 1 heterocycles. The van der Waals surface area contributed by atoms with Crippen LogP contribution in [0.4, 0.5) is 0 Å². The zero-order valence-corrected chi connectivity index (χ0v) is 13.0. The van der Waals surface area contributed by atoms with E-state index in [2.05, 4.69) is 9.62 Å². The van der Waals surface area contributed by atoms with Crippen LogP contribution in [0.5, 0.6) is 5.75 Å². The van der Waals surface area contributed by atoms with E-state index in [0.717, 1.165) is 19.6 Å². The minimum Gasteiger partial charge on any atom is -0.495 e. The third-order valence-electron chi connectivity index (χ3n) is 3.62. The fourth-order valence-electron chi connectivity index (χ4n) is 2.45. The van der Waals surface area contributed by atoms with Crippen LogP contribution in [0.2, 0.25) is 0 Å². The normalized spacial score (nSPS) is 16.3. The van der Waals surface area contributed by atoms with Crippen molar-refractivity contribution >= 4 is 10.0 Å². The van der Waals surface area contributed by atoms with Crippen molar-refractivity contribution in [1.29, 1.82) is 0 Å². The average molecular weight is 314 g/mol. The summed E-state index contributed by atoms with van der Waals surface area (Å²) in [5.41, 5.74) is 0.614. The topological polar surface area (TPSA) is 78.9 Å². The van der Waals surface area contributed by atoms with Gasteiger partial charge < -0.3 is 14.7 Å². The van der Waals surface area contributed by atoms with Gasteiger partial charge in [0.25, 0.3) is 0 Å². The van der Waals surface area contributed by atoms with Crippen LogP contribution < -0.4 is 9.46 Å². The quantitative estimate of drug-likeness (QED) is 0.769. The average Bonchev–Trinajstić information content (AvgIpc) is 2.99. The van der Waals surface area contributed by atoms with E-state index in [1.165, 1.54) is 32.1 Å². The number of rotatable bonds is 7. The first-order valence-electron chi connectivity index (χ1n) is 7.06. The number of benzene rings is 1. The van der Waals surface area contributed by atoms with Gasteiger partial charge in [-0.3, -0.25) is 0 Å². The predicted octanol–water partition coefficient (Wildman–Crippen LogP) is 0.562. The van der Waals surface area contributed by atoms with Crippen molar-refractivity contribution in [3.8, 4) is 5.75 Å². The van der Waals surface area contributed by atoms with Gasteiger partial charge >= 0.3 is 0 Å². The fourth-order valence-corrected chi connectivity index (χ4v) is 3.62. The van der Waals surface area contributed by atoms with Gasteiger partial charge in [0, 0.05) is 13.1 Å². The summed E-state index contributed by atoms with van der Waals surface area (Å²) in [4.78, 5) is 2.35. The zero-order chi connectivity index (χ0) is 15.3. The summed E-state index contributed by atoms with van der Waals surface area (Å²) in [6.07, 6.45) is 2.37. The van der Waals surface area contributed by atoms with Gasteiger partial charge in [-0.25, -0.2) is 13.1 Å². The van der Waals surface area contributed by atoms with E-state index in [0.29, 0.717) is 12.1 Å². The van der Waals surface area contributed by atoms with E-state index in [9.17, 15) is 8.42 Å². The second kappa shape index (κ2) is 7.22. The molecule has 0 atom stereocenters. The molecule has 6 nitrogen and oxygen atoms in total. The van der Waals surface area contributed by atoms with Crippen LogP contribution in [0.1, 0.15) is 18.4 Å². The molecule has 0 amide bonds. The monoisotopic (exact) mass is 314 g/mol. The summed E-state index contributed by atoms with van der Waals surface area (Å²) in [5.74, 6) is 0.246. The minimum atomic E-state index is -3.60. The first kappa shape index (κ1) is 16.2. The Balaban J connectivity index is 2.04. The standard InChI is InChI=1S/C14H22N2O4S/c1-20-13-10-12(11-17)4-5-14(13)21(18,19)15-6-9-16-7-2-3-8-16/h4-5,10,15,17H,2-3,6-9,11H2,1H3. The van der Waals surface area contributed by atoms with Crippen LogP contribution in [0.3, 0.4) is 0 Å². The minimum absolute atomic E-state index is 0.101. The van der Waals surface area contributed by atoms with E-state index < -0.39 is 10.0 Å². The molecule has 7 heteroatoms. The summed E-state index contributed by atoms with van der Waals surface area (Å²) >= 11 is 0. The number of sulfonamides is 1. The van der Waals surface area contributed by atoms with Crippen molar-refractivity contribution in [2.45, 2.75) is 24.3 Å². The fraction of sp³-hybridized carbons (Fsp3) is 0.571. The molecular formula is C14H22N2O4S.